The second-order valence-corrected chi connectivity index (χ2v) is 5.11. The number of methoxy groups -OCH3 is 1. The third-order valence-corrected chi connectivity index (χ3v) is 3.55. The highest BCUT2D eigenvalue weighted by Crippen LogP contribution is 2.14. The lowest BCUT2D eigenvalue weighted by Crippen LogP contribution is -2.42. The van der Waals surface area contributed by atoms with Gasteiger partial charge in [0.15, 0.2) is 0 Å². The second-order valence-electron chi connectivity index (χ2n) is 5.11. The van der Waals surface area contributed by atoms with E-state index in [1.807, 2.05) is 55.3 Å². The molecule has 0 aliphatic heterocycles. The topological polar surface area (TPSA) is 51.7 Å². The average Bonchev–Trinajstić information content (AvgIpc) is 2.54. The summed E-state index contributed by atoms with van der Waals surface area (Å²) in [6.45, 7) is 3.33. The first-order valence-electron chi connectivity index (χ1n) is 7.36. The number of rotatable bonds is 7. The minimum absolute atomic E-state index is 0.295. The van der Waals surface area contributed by atoms with Crippen molar-refractivity contribution in [3.63, 3.8) is 0 Å². The van der Waals surface area contributed by atoms with Crippen LogP contribution in [0.25, 0.3) is 10.9 Å². The summed E-state index contributed by atoms with van der Waals surface area (Å²) in [7, 11) is 3.26. The summed E-state index contributed by atoms with van der Waals surface area (Å²) in [6, 6.07) is 11.6. The fourth-order valence-electron chi connectivity index (χ4n) is 2.30. The molecular formula is C17H22N2O3. The van der Waals surface area contributed by atoms with E-state index in [4.69, 9.17) is 9.47 Å². The van der Waals surface area contributed by atoms with Crippen molar-refractivity contribution in [2.45, 2.75) is 19.5 Å². The summed E-state index contributed by atoms with van der Waals surface area (Å²) < 4.78 is 10.2. The van der Waals surface area contributed by atoms with E-state index in [1.165, 1.54) is 7.11 Å². The molecule has 0 aliphatic rings. The van der Waals surface area contributed by atoms with E-state index in [9.17, 15) is 4.79 Å². The number of aromatic nitrogens is 1. The number of para-hydroxylation sites is 1. The lowest BCUT2D eigenvalue weighted by atomic mass is 10.2. The largest absolute Gasteiger partial charge is 0.468 e. The number of hydrogen-bond donors (Lipinski definition) is 0. The molecule has 0 saturated carbocycles. The average molecular weight is 302 g/mol. The monoisotopic (exact) mass is 302 g/mol. The van der Waals surface area contributed by atoms with E-state index < -0.39 is 6.04 Å². The molecule has 0 fully saturated rings. The molecule has 0 saturated heterocycles. The van der Waals surface area contributed by atoms with Gasteiger partial charge in [-0.15, -0.1) is 0 Å². The molecular weight excluding hydrogens is 280 g/mol. The van der Waals surface area contributed by atoms with Crippen LogP contribution in [0.3, 0.4) is 0 Å². The highest BCUT2D eigenvalue weighted by Gasteiger charge is 2.24. The Labute approximate surface area is 130 Å². The molecule has 2 rings (SSSR count). The van der Waals surface area contributed by atoms with Gasteiger partial charge in [-0.2, -0.15) is 0 Å². The van der Waals surface area contributed by atoms with Crippen molar-refractivity contribution in [1.29, 1.82) is 0 Å². The van der Waals surface area contributed by atoms with Crippen LogP contribution in [0.4, 0.5) is 0 Å². The number of carbonyl (C=O) groups is 1. The van der Waals surface area contributed by atoms with Crippen molar-refractivity contribution in [1.82, 2.24) is 9.88 Å². The predicted octanol–water partition coefficient (Wildman–Crippen LogP) is 2.24. The van der Waals surface area contributed by atoms with Gasteiger partial charge in [0, 0.05) is 18.5 Å². The Morgan fingerprint density at radius 3 is 2.77 bits per heavy atom. The second kappa shape index (κ2) is 7.87. The molecule has 0 amide bonds. The summed E-state index contributed by atoms with van der Waals surface area (Å²) in [5.74, 6) is -0.295. The van der Waals surface area contributed by atoms with Gasteiger partial charge in [0.05, 0.1) is 24.9 Å². The first-order chi connectivity index (χ1) is 10.7. The van der Waals surface area contributed by atoms with E-state index in [0.29, 0.717) is 19.8 Å². The molecule has 118 valence electrons. The molecule has 5 heteroatoms. The Kier molecular flexibility index (Phi) is 5.86. The van der Waals surface area contributed by atoms with Gasteiger partial charge in [-0.3, -0.25) is 14.7 Å². The summed E-state index contributed by atoms with van der Waals surface area (Å²) in [5.41, 5.74) is 1.86. The van der Waals surface area contributed by atoms with Gasteiger partial charge in [-0.25, -0.2) is 0 Å². The number of nitrogens with zero attached hydrogens (tertiary/aromatic N) is 2. The smallest absolute Gasteiger partial charge is 0.325 e. The molecule has 1 atom stereocenters. The highest BCUT2D eigenvalue weighted by atomic mass is 16.5. The third-order valence-electron chi connectivity index (χ3n) is 3.55. The Hall–Kier alpha value is -1.98. The third kappa shape index (κ3) is 4.02. The van der Waals surface area contributed by atoms with Gasteiger partial charge in [0.25, 0.3) is 0 Å². The maximum atomic E-state index is 11.9. The van der Waals surface area contributed by atoms with Crippen LogP contribution in [0.2, 0.25) is 0 Å². The van der Waals surface area contributed by atoms with Gasteiger partial charge >= 0.3 is 5.97 Å². The van der Waals surface area contributed by atoms with E-state index in [2.05, 4.69) is 4.98 Å². The zero-order valence-corrected chi connectivity index (χ0v) is 13.3. The predicted molar refractivity (Wildman–Crippen MR) is 85.5 cm³/mol. The van der Waals surface area contributed by atoms with E-state index >= 15 is 0 Å². The molecule has 0 radical (unpaired) electrons. The van der Waals surface area contributed by atoms with E-state index in [1.54, 1.807) is 0 Å². The number of hydrogen-bond acceptors (Lipinski definition) is 5. The van der Waals surface area contributed by atoms with Crippen LogP contribution < -0.4 is 0 Å². The molecule has 0 bridgehead atoms. The molecule has 1 heterocycles. The quantitative estimate of drug-likeness (QED) is 0.734. The maximum Gasteiger partial charge on any atom is 0.325 e. The molecule has 0 aliphatic carbocycles. The van der Waals surface area contributed by atoms with Gasteiger partial charge in [0.2, 0.25) is 0 Å². The van der Waals surface area contributed by atoms with Gasteiger partial charge in [0.1, 0.15) is 6.04 Å². The van der Waals surface area contributed by atoms with Crippen molar-refractivity contribution in [2.24, 2.45) is 0 Å². The minimum Gasteiger partial charge on any atom is -0.468 e. The van der Waals surface area contributed by atoms with Crippen LogP contribution in [0.5, 0.6) is 0 Å². The number of fused-ring (bicyclic) bond motifs is 1. The fraction of sp³-hybridized carbons (Fsp3) is 0.412. The van der Waals surface area contributed by atoms with Crippen LogP contribution >= 0.6 is 0 Å². The molecule has 22 heavy (non-hydrogen) atoms. The van der Waals surface area contributed by atoms with Crippen molar-refractivity contribution >= 4 is 16.9 Å². The SMILES string of the molecule is CCOC[C@@H](C(=O)OC)N(C)Cc1ccc2ccccc2n1. The molecule has 0 N–H and O–H groups in total. The first kappa shape index (κ1) is 16.4. The van der Waals surface area contributed by atoms with Crippen molar-refractivity contribution in [3.8, 4) is 0 Å². The summed E-state index contributed by atoms with van der Waals surface area (Å²) in [6.07, 6.45) is 0. The molecule has 0 spiro atoms. The lowest BCUT2D eigenvalue weighted by molar-refractivity contribution is -0.149. The number of carbonyl (C=O) groups excluding carboxylic acids is 1. The van der Waals surface area contributed by atoms with Crippen LogP contribution in [0.15, 0.2) is 36.4 Å². The molecule has 0 unspecified atom stereocenters. The lowest BCUT2D eigenvalue weighted by Gasteiger charge is -2.25. The number of pyridine rings is 1. The van der Waals surface area contributed by atoms with Crippen molar-refractivity contribution in [3.05, 3.63) is 42.1 Å². The first-order valence-corrected chi connectivity index (χ1v) is 7.36. The van der Waals surface area contributed by atoms with E-state index in [0.717, 1.165) is 16.6 Å². The van der Waals surface area contributed by atoms with Gasteiger partial charge in [-0.05, 0) is 26.1 Å². The normalized spacial score (nSPS) is 12.5. The Balaban J connectivity index is 2.12. The minimum atomic E-state index is -0.432. The number of likely N-dealkylation sites (N-methyl/N-ethyl adjacent to an activating group) is 1. The van der Waals surface area contributed by atoms with E-state index in [-0.39, 0.29) is 5.97 Å². The fourth-order valence-corrected chi connectivity index (χ4v) is 2.30. The van der Waals surface area contributed by atoms with Crippen LogP contribution in [0.1, 0.15) is 12.6 Å². The van der Waals surface area contributed by atoms with Crippen LogP contribution in [-0.2, 0) is 20.8 Å². The Morgan fingerprint density at radius 2 is 2.05 bits per heavy atom. The summed E-state index contributed by atoms with van der Waals surface area (Å²) in [5, 5.41) is 1.10. The van der Waals surface area contributed by atoms with Crippen molar-refractivity contribution < 1.29 is 14.3 Å². The van der Waals surface area contributed by atoms with Crippen LogP contribution in [-0.4, -0.2) is 49.3 Å². The zero-order chi connectivity index (χ0) is 15.9. The Bertz CT molecular complexity index is 630. The maximum absolute atomic E-state index is 11.9. The standard InChI is InChI=1S/C17H22N2O3/c1-4-22-12-16(17(20)21-3)19(2)11-14-10-9-13-7-5-6-8-15(13)18-14/h5-10,16H,4,11-12H2,1-3H3/t16-/m0/s1. The summed E-state index contributed by atoms with van der Waals surface area (Å²) >= 11 is 0. The molecule has 5 nitrogen and oxygen atoms in total. The number of esters is 1. The molecule has 1 aromatic carbocycles. The van der Waals surface area contributed by atoms with Crippen LogP contribution in [0, 0.1) is 0 Å². The summed E-state index contributed by atoms with van der Waals surface area (Å²) in [4.78, 5) is 18.4. The van der Waals surface area contributed by atoms with Gasteiger partial charge in [-0.1, -0.05) is 24.3 Å². The molecule has 1 aromatic heterocycles. The number of ether oxygens (including phenoxy) is 2. The van der Waals surface area contributed by atoms with Crippen molar-refractivity contribution in [2.75, 3.05) is 27.4 Å². The highest BCUT2D eigenvalue weighted by molar-refractivity contribution is 5.78. The molecule has 2 aromatic rings. The Morgan fingerprint density at radius 1 is 1.27 bits per heavy atom. The number of benzene rings is 1. The zero-order valence-electron chi connectivity index (χ0n) is 13.3. The van der Waals surface area contributed by atoms with Gasteiger partial charge < -0.3 is 9.47 Å².